The molecule has 1 aromatic heterocycles. The number of amides is 2. The minimum absolute atomic E-state index is 0.0224. The maximum atomic E-state index is 12.6. The van der Waals surface area contributed by atoms with E-state index in [0.29, 0.717) is 6.42 Å². The average Bonchev–Trinajstić information content (AvgIpc) is 3.44. The lowest BCUT2D eigenvalue weighted by atomic mass is 9.98. The summed E-state index contributed by atoms with van der Waals surface area (Å²) in [7, 11) is 0. The van der Waals surface area contributed by atoms with Crippen molar-refractivity contribution >= 4 is 18.0 Å². The van der Waals surface area contributed by atoms with E-state index in [0.717, 1.165) is 35.1 Å². The van der Waals surface area contributed by atoms with Gasteiger partial charge in [-0.2, -0.15) is 0 Å². The maximum Gasteiger partial charge on any atom is 0.407 e. The molecule has 0 aliphatic heterocycles. The maximum absolute atomic E-state index is 12.6. The lowest BCUT2D eigenvalue weighted by molar-refractivity contribution is -0.121. The van der Waals surface area contributed by atoms with Gasteiger partial charge in [0.05, 0.1) is 6.54 Å². The Morgan fingerprint density at radius 2 is 1.74 bits per heavy atom. The smallest absolute Gasteiger partial charge is 0.407 e. The lowest BCUT2D eigenvalue weighted by Gasteiger charge is -2.19. The van der Waals surface area contributed by atoms with Gasteiger partial charge in [0.1, 0.15) is 6.61 Å². The standard InChI is InChI=1S/C26H27N3O6/c1-2-7-16(12-23(30)27-13-22-24(25(31)32)28-15-35-22)29-26(33)34-14-21-19-10-5-3-8-17(19)18-9-4-6-11-20(18)21/h3-6,8-11,15-16,21H,2,7,12-14H2,1H3,(H,27,30)(H,29,33)(H,31,32). The van der Waals surface area contributed by atoms with Crippen molar-refractivity contribution in [3.8, 4) is 11.1 Å². The summed E-state index contributed by atoms with van der Waals surface area (Å²) < 4.78 is 10.6. The third-order valence-corrected chi connectivity index (χ3v) is 6.02. The van der Waals surface area contributed by atoms with E-state index >= 15 is 0 Å². The van der Waals surface area contributed by atoms with E-state index < -0.39 is 18.1 Å². The lowest BCUT2D eigenvalue weighted by Crippen LogP contribution is -2.39. The van der Waals surface area contributed by atoms with E-state index in [1.165, 1.54) is 0 Å². The van der Waals surface area contributed by atoms with Crippen LogP contribution >= 0.6 is 0 Å². The Kier molecular flexibility index (Phi) is 7.45. The zero-order valence-electron chi connectivity index (χ0n) is 19.3. The molecule has 3 aromatic rings. The fraction of sp³-hybridized carbons (Fsp3) is 0.308. The summed E-state index contributed by atoms with van der Waals surface area (Å²) in [5, 5.41) is 14.5. The molecule has 0 fully saturated rings. The Labute approximate surface area is 202 Å². The van der Waals surface area contributed by atoms with E-state index in [4.69, 9.17) is 14.3 Å². The number of aromatic nitrogens is 1. The monoisotopic (exact) mass is 477 g/mol. The number of oxazole rings is 1. The van der Waals surface area contributed by atoms with Gasteiger partial charge in [-0.25, -0.2) is 14.6 Å². The first-order valence-corrected chi connectivity index (χ1v) is 11.5. The first-order chi connectivity index (χ1) is 17.0. The average molecular weight is 478 g/mol. The highest BCUT2D eigenvalue weighted by Crippen LogP contribution is 2.44. The highest BCUT2D eigenvalue weighted by molar-refractivity contribution is 5.86. The number of ether oxygens (including phenoxy) is 1. The molecular formula is C26H27N3O6. The highest BCUT2D eigenvalue weighted by atomic mass is 16.5. The van der Waals surface area contributed by atoms with Crippen molar-refractivity contribution in [3.05, 3.63) is 77.5 Å². The van der Waals surface area contributed by atoms with Crippen LogP contribution in [0.5, 0.6) is 0 Å². The van der Waals surface area contributed by atoms with E-state index in [1.54, 1.807) is 0 Å². The Balaban J connectivity index is 1.32. The van der Waals surface area contributed by atoms with Gasteiger partial charge >= 0.3 is 12.1 Å². The second kappa shape index (κ2) is 10.9. The van der Waals surface area contributed by atoms with E-state index in [2.05, 4.69) is 39.9 Å². The number of rotatable bonds is 10. The van der Waals surface area contributed by atoms with Gasteiger partial charge in [0.2, 0.25) is 5.91 Å². The number of benzene rings is 2. The van der Waals surface area contributed by atoms with Crippen molar-refractivity contribution in [3.63, 3.8) is 0 Å². The molecule has 0 saturated carbocycles. The molecule has 2 amide bonds. The van der Waals surface area contributed by atoms with Crippen LogP contribution in [0.15, 0.2) is 59.3 Å². The molecule has 182 valence electrons. The van der Waals surface area contributed by atoms with Crippen molar-refractivity contribution < 1.29 is 28.6 Å². The summed E-state index contributed by atoms with van der Waals surface area (Å²) in [6.45, 7) is 2.04. The van der Waals surface area contributed by atoms with Crippen LogP contribution in [0.2, 0.25) is 0 Å². The fourth-order valence-electron chi connectivity index (χ4n) is 4.43. The van der Waals surface area contributed by atoms with Gasteiger partial charge in [-0.1, -0.05) is 61.9 Å². The Morgan fingerprint density at radius 1 is 1.09 bits per heavy atom. The summed E-state index contributed by atoms with van der Waals surface area (Å²) in [5.74, 6) is -1.58. The minimum Gasteiger partial charge on any atom is -0.476 e. The molecule has 1 aliphatic rings. The number of nitrogens with one attached hydrogen (secondary N) is 2. The largest absolute Gasteiger partial charge is 0.476 e. The molecule has 3 N–H and O–H groups in total. The van der Waals surface area contributed by atoms with Gasteiger partial charge in [-0.3, -0.25) is 4.79 Å². The summed E-state index contributed by atoms with van der Waals surface area (Å²) in [6.07, 6.45) is 1.80. The van der Waals surface area contributed by atoms with Gasteiger partial charge < -0.3 is 24.9 Å². The first-order valence-electron chi connectivity index (χ1n) is 11.5. The number of carbonyl (C=O) groups is 3. The number of carbonyl (C=O) groups excluding carboxylic acids is 2. The van der Waals surface area contributed by atoms with E-state index in [9.17, 15) is 14.4 Å². The molecule has 0 spiro atoms. The zero-order valence-corrected chi connectivity index (χ0v) is 19.3. The minimum atomic E-state index is -1.23. The molecule has 0 radical (unpaired) electrons. The molecule has 35 heavy (non-hydrogen) atoms. The second-order valence-electron chi connectivity index (χ2n) is 8.37. The summed E-state index contributed by atoms with van der Waals surface area (Å²) in [5.41, 5.74) is 4.30. The van der Waals surface area contributed by atoms with Crippen LogP contribution in [0.1, 0.15) is 59.5 Å². The van der Waals surface area contributed by atoms with E-state index in [-0.39, 0.29) is 42.9 Å². The molecule has 2 aromatic carbocycles. The van der Waals surface area contributed by atoms with Crippen LogP contribution < -0.4 is 10.6 Å². The van der Waals surface area contributed by atoms with Gasteiger partial charge in [0.15, 0.2) is 17.8 Å². The topological polar surface area (TPSA) is 131 Å². The Morgan fingerprint density at radius 3 is 2.37 bits per heavy atom. The number of alkyl carbamates (subject to hydrolysis) is 1. The number of hydrogen-bond acceptors (Lipinski definition) is 6. The first kappa shape index (κ1) is 24.0. The van der Waals surface area contributed by atoms with E-state index in [1.807, 2.05) is 31.2 Å². The molecule has 4 rings (SSSR count). The van der Waals surface area contributed by atoms with Crippen LogP contribution in [0.25, 0.3) is 11.1 Å². The molecule has 0 saturated heterocycles. The Hall–Kier alpha value is -4.14. The SMILES string of the molecule is CCCC(CC(=O)NCc1ocnc1C(=O)O)NC(=O)OCC1c2ccccc2-c2ccccc21. The number of carboxylic acids is 1. The van der Waals surface area contributed by atoms with Gasteiger partial charge in [0, 0.05) is 18.4 Å². The highest BCUT2D eigenvalue weighted by Gasteiger charge is 2.29. The zero-order chi connectivity index (χ0) is 24.8. The third kappa shape index (κ3) is 5.51. The van der Waals surface area contributed by atoms with Crippen LogP contribution in [0.4, 0.5) is 4.79 Å². The van der Waals surface area contributed by atoms with Crippen LogP contribution in [0, 0.1) is 0 Å². The van der Waals surface area contributed by atoms with Crippen molar-refractivity contribution in [1.29, 1.82) is 0 Å². The quantitative estimate of drug-likeness (QED) is 0.401. The molecule has 9 heteroatoms. The number of fused-ring (bicyclic) bond motifs is 3. The summed E-state index contributed by atoms with van der Waals surface area (Å²) in [6, 6.07) is 15.8. The van der Waals surface area contributed by atoms with Crippen LogP contribution in [0.3, 0.4) is 0 Å². The van der Waals surface area contributed by atoms with Crippen molar-refractivity contribution in [2.24, 2.45) is 0 Å². The van der Waals surface area contributed by atoms with Crippen molar-refractivity contribution in [1.82, 2.24) is 15.6 Å². The molecule has 1 unspecified atom stereocenters. The van der Waals surface area contributed by atoms with Crippen molar-refractivity contribution in [2.45, 2.75) is 44.7 Å². The summed E-state index contributed by atoms with van der Waals surface area (Å²) >= 11 is 0. The predicted molar refractivity (Wildman–Crippen MR) is 127 cm³/mol. The van der Waals surface area contributed by atoms with Gasteiger partial charge in [-0.15, -0.1) is 0 Å². The van der Waals surface area contributed by atoms with Gasteiger partial charge in [-0.05, 0) is 28.7 Å². The fourth-order valence-corrected chi connectivity index (χ4v) is 4.43. The number of carboxylic acid groups (broad SMARTS) is 1. The predicted octanol–water partition coefficient (Wildman–Crippen LogP) is 4.09. The molecule has 0 bridgehead atoms. The second-order valence-corrected chi connectivity index (χ2v) is 8.37. The Bertz CT molecular complexity index is 1180. The molecule has 1 aliphatic carbocycles. The molecule has 1 heterocycles. The number of nitrogens with zero attached hydrogens (tertiary/aromatic N) is 1. The summed E-state index contributed by atoms with van der Waals surface area (Å²) in [4.78, 5) is 39.7. The molecular weight excluding hydrogens is 450 g/mol. The van der Waals surface area contributed by atoms with Crippen LogP contribution in [-0.4, -0.2) is 40.7 Å². The number of hydrogen-bond donors (Lipinski definition) is 3. The van der Waals surface area contributed by atoms with Crippen molar-refractivity contribution in [2.75, 3.05) is 6.61 Å². The van der Waals surface area contributed by atoms with Crippen LogP contribution in [-0.2, 0) is 16.1 Å². The normalized spacial score (nSPS) is 12.9. The molecule has 9 nitrogen and oxygen atoms in total. The molecule has 1 atom stereocenters. The third-order valence-electron chi connectivity index (χ3n) is 6.02. The number of aromatic carboxylic acids is 1. The van der Waals surface area contributed by atoms with Gasteiger partial charge in [0.25, 0.3) is 0 Å².